The fourth-order valence-electron chi connectivity index (χ4n) is 3.44. The Morgan fingerprint density at radius 2 is 1.90 bits per heavy atom. The summed E-state index contributed by atoms with van der Waals surface area (Å²) in [5.74, 6) is -0.605. The SMILES string of the molecule is C[SiH2]C(COCn1cc(C(F)(F)F)c2c(NCCCOc3nc(Cl)ccc3[N+](=O)[O-])nc(Cl)nc21)C(F)(F)F. The second-order valence-corrected chi connectivity index (χ2v) is 10.6. The zero-order valence-corrected chi connectivity index (χ0v) is 22.9. The molecule has 39 heavy (non-hydrogen) atoms. The molecule has 3 heterocycles. The number of pyridine rings is 1. The minimum Gasteiger partial charge on any atom is -0.473 e. The molecule has 214 valence electrons. The van der Waals surface area contributed by atoms with Crippen molar-refractivity contribution in [3.8, 4) is 5.88 Å². The van der Waals surface area contributed by atoms with E-state index in [1.807, 2.05) is 0 Å². The highest BCUT2D eigenvalue weighted by atomic mass is 35.5. The molecule has 0 aliphatic carbocycles. The van der Waals surface area contributed by atoms with E-state index < -0.39 is 67.6 Å². The minimum absolute atomic E-state index is 0.00975. The van der Waals surface area contributed by atoms with Crippen LogP contribution in [0.15, 0.2) is 18.3 Å². The molecule has 3 aromatic rings. The normalized spacial score (nSPS) is 13.4. The van der Waals surface area contributed by atoms with Crippen LogP contribution in [-0.4, -0.2) is 59.9 Å². The topological polar surface area (TPSA) is 117 Å². The van der Waals surface area contributed by atoms with Crippen molar-refractivity contribution in [2.75, 3.05) is 25.1 Å². The third kappa shape index (κ3) is 7.83. The van der Waals surface area contributed by atoms with Crippen LogP contribution in [0.1, 0.15) is 12.0 Å². The summed E-state index contributed by atoms with van der Waals surface area (Å²) in [5.41, 5.74) is -3.51. The molecule has 3 aromatic heterocycles. The van der Waals surface area contributed by atoms with E-state index in [1.165, 1.54) is 12.6 Å². The van der Waals surface area contributed by atoms with Gasteiger partial charge in [0.25, 0.3) is 5.88 Å². The van der Waals surface area contributed by atoms with Crippen LogP contribution in [0.2, 0.25) is 22.5 Å². The zero-order chi connectivity index (χ0) is 29.0. The van der Waals surface area contributed by atoms with Crippen molar-refractivity contribution in [2.45, 2.75) is 37.6 Å². The lowest BCUT2D eigenvalue weighted by molar-refractivity contribution is -0.386. The molecule has 0 fully saturated rings. The highest BCUT2D eigenvalue weighted by Crippen LogP contribution is 2.39. The van der Waals surface area contributed by atoms with Crippen molar-refractivity contribution in [3.63, 3.8) is 0 Å². The number of hydrogen-bond donors (Lipinski definition) is 1. The second kappa shape index (κ2) is 12.5. The predicted molar refractivity (Wildman–Crippen MR) is 132 cm³/mol. The summed E-state index contributed by atoms with van der Waals surface area (Å²) in [6.45, 7) is 0.00286. The van der Waals surface area contributed by atoms with Gasteiger partial charge < -0.3 is 19.4 Å². The minimum atomic E-state index is -4.86. The van der Waals surface area contributed by atoms with Crippen LogP contribution >= 0.6 is 23.2 Å². The summed E-state index contributed by atoms with van der Waals surface area (Å²) in [7, 11) is -1.54. The van der Waals surface area contributed by atoms with E-state index in [0.717, 1.165) is 10.6 Å². The van der Waals surface area contributed by atoms with Crippen LogP contribution in [0.25, 0.3) is 11.0 Å². The predicted octanol–water partition coefficient (Wildman–Crippen LogP) is 5.48. The molecule has 1 atom stereocenters. The van der Waals surface area contributed by atoms with Gasteiger partial charge >= 0.3 is 18.0 Å². The Bertz CT molecular complexity index is 1330. The van der Waals surface area contributed by atoms with Gasteiger partial charge in [-0.15, -0.1) is 0 Å². The molecule has 0 saturated heterocycles. The van der Waals surface area contributed by atoms with Gasteiger partial charge in [-0.25, -0.2) is 4.98 Å². The van der Waals surface area contributed by atoms with Crippen LogP contribution in [0.4, 0.5) is 37.8 Å². The lowest BCUT2D eigenvalue weighted by atomic mass is 10.2. The van der Waals surface area contributed by atoms with E-state index in [9.17, 15) is 36.5 Å². The average Bonchev–Trinajstić information content (AvgIpc) is 3.19. The standard InChI is InChI=1S/C20H20Cl2F6N6O4Si/c1-39-12(20(26,27)28)8-37-9-33-7-10(19(23,24)25)14-15(31-18(22)32-16(14)33)29-5-2-6-38-17-11(34(35)36)3-4-13(21)30-17/h3-4,7,12H,2,5-6,8-9,39H2,1H3,(H,29,31,32). The van der Waals surface area contributed by atoms with Gasteiger partial charge in [0.05, 0.1) is 34.6 Å². The monoisotopic (exact) mass is 620 g/mol. The molecule has 0 aromatic carbocycles. The largest absolute Gasteiger partial charge is 0.473 e. The maximum atomic E-state index is 13.8. The first-order chi connectivity index (χ1) is 18.2. The van der Waals surface area contributed by atoms with E-state index in [-0.39, 0.29) is 42.1 Å². The summed E-state index contributed by atoms with van der Waals surface area (Å²) in [5, 5.41) is 12.9. The number of hydrogen-bond acceptors (Lipinski definition) is 8. The van der Waals surface area contributed by atoms with Gasteiger partial charge in [-0.2, -0.15) is 36.3 Å². The number of ether oxygens (including phenoxy) is 2. The lowest BCUT2D eigenvalue weighted by Crippen LogP contribution is -2.26. The number of anilines is 1. The summed E-state index contributed by atoms with van der Waals surface area (Å²) >= 11 is 11.7. The molecule has 3 rings (SSSR count). The molecule has 0 aliphatic heterocycles. The van der Waals surface area contributed by atoms with Gasteiger partial charge in [0.1, 0.15) is 23.3 Å². The van der Waals surface area contributed by atoms with Crippen molar-refractivity contribution >= 4 is 55.3 Å². The third-order valence-corrected chi connectivity index (χ3v) is 7.42. The van der Waals surface area contributed by atoms with E-state index in [1.54, 1.807) is 0 Å². The molecule has 19 heteroatoms. The Hall–Kier alpha value is -2.89. The van der Waals surface area contributed by atoms with E-state index in [2.05, 4.69) is 20.3 Å². The summed E-state index contributed by atoms with van der Waals surface area (Å²) in [6, 6.07) is 2.33. The second-order valence-electron chi connectivity index (χ2n) is 8.04. The van der Waals surface area contributed by atoms with Crippen molar-refractivity contribution < 1.29 is 40.7 Å². The van der Waals surface area contributed by atoms with Gasteiger partial charge in [-0.1, -0.05) is 18.1 Å². The highest BCUT2D eigenvalue weighted by molar-refractivity contribution is 6.36. The van der Waals surface area contributed by atoms with E-state index in [0.29, 0.717) is 6.20 Å². The fraction of sp³-hybridized carbons (Fsp3) is 0.450. The number of fused-ring (bicyclic) bond motifs is 1. The number of aromatic nitrogens is 4. The zero-order valence-electron chi connectivity index (χ0n) is 19.9. The van der Waals surface area contributed by atoms with Gasteiger partial charge in [0, 0.05) is 28.3 Å². The van der Waals surface area contributed by atoms with E-state index >= 15 is 0 Å². The Balaban J connectivity index is 1.76. The quantitative estimate of drug-likeness (QED) is 0.0538. The smallest absolute Gasteiger partial charge is 0.418 e. The van der Waals surface area contributed by atoms with Crippen LogP contribution in [0.3, 0.4) is 0 Å². The molecular formula is C20H20Cl2F6N6O4Si. The Kier molecular flexibility index (Phi) is 9.84. The summed E-state index contributed by atoms with van der Waals surface area (Å²) in [6.07, 6.45) is -8.52. The summed E-state index contributed by atoms with van der Waals surface area (Å²) in [4.78, 5) is 21.8. The molecule has 0 radical (unpaired) electrons. The molecule has 0 amide bonds. The van der Waals surface area contributed by atoms with Gasteiger partial charge in [-0.05, 0) is 24.1 Å². The molecule has 0 spiro atoms. The fourth-order valence-corrected chi connectivity index (χ4v) is 4.61. The molecule has 0 aliphatic rings. The van der Waals surface area contributed by atoms with E-state index in [4.69, 9.17) is 32.7 Å². The average molecular weight is 621 g/mol. The molecule has 1 N–H and O–H groups in total. The third-order valence-electron chi connectivity index (χ3n) is 5.35. The Morgan fingerprint density at radius 3 is 2.51 bits per heavy atom. The maximum Gasteiger partial charge on any atom is 0.418 e. The van der Waals surface area contributed by atoms with Gasteiger partial charge in [0.2, 0.25) is 5.28 Å². The first kappa shape index (κ1) is 30.6. The van der Waals surface area contributed by atoms with Crippen LogP contribution < -0.4 is 10.1 Å². The Morgan fingerprint density at radius 1 is 1.18 bits per heavy atom. The summed E-state index contributed by atoms with van der Waals surface area (Å²) < 4.78 is 91.9. The number of rotatable bonds is 12. The first-order valence-corrected chi connectivity index (χ1v) is 14.2. The number of nitrogens with one attached hydrogen (secondary N) is 1. The van der Waals surface area contributed by atoms with Crippen molar-refractivity contribution in [1.29, 1.82) is 0 Å². The molecule has 10 nitrogen and oxygen atoms in total. The number of alkyl halides is 6. The molecular weight excluding hydrogens is 601 g/mol. The van der Waals surface area contributed by atoms with Crippen LogP contribution in [-0.2, 0) is 17.6 Å². The van der Waals surface area contributed by atoms with Crippen LogP contribution in [0, 0.1) is 10.1 Å². The molecule has 0 bridgehead atoms. The lowest BCUT2D eigenvalue weighted by Gasteiger charge is -2.18. The molecule has 0 saturated carbocycles. The number of halogens is 8. The maximum absolute atomic E-state index is 13.8. The highest BCUT2D eigenvalue weighted by Gasteiger charge is 2.39. The van der Waals surface area contributed by atoms with Gasteiger partial charge in [0.15, 0.2) is 0 Å². The van der Waals surface area contributed by atoms with Crippen molar-refractivity contribution in [1.82, 2.24) is 19.5 Å². The molecule has 1 unspecified atom stereocenters. The van der Waals surface area contributed by atoms with Gasteiger partial charge in [-0.3, -0.25) is 10.1 Å². The number of nitrogens with zero attached hydrogens (tertiary/aromatic N) is 5. The van der Waals surface area contributed by atoms with Crippen molar-refractivity contribution in [2.24, 2.45) is 0 Å². The number of nitro groups is 1. The Labute approximate surface area is 228 Å². The van der Waals surface area contributed by atoms with Crippen LogP contribution in [0.5, 0.6) is 5.88 Å². The first-order valence-electron chi connectivity index (χ1n) is 11.2. The van der Waals surface area contributed by atoms with Crippen molar-refractivity contribution in [3.05, 3.63) is 44.4 Å².